The van der Waals surface area contributed by atoms with Crippen LogP contribution in [-0.2, 0) is 4.74 Å². The van der Waals surface area contributed by atoms with Crippen molar-refractivity contribution in [3.63, 3.8) is 0 Å². The predicted octanol–water partition coefficient (Wildman–Crippen LogP) is 1.63. The highest BCUT2D eigenvalue weighted by Crippen LogP contribution is 2.37. The maximum Gasteiger partial charge on any atom is 0.129 e. The molecule has 3 heteroatoms. The van der Waals surface area contributed by atoms with E-state index in [1.807, 2.05) is 0 Å². The first-order valence-electron chi connectivity index (χ1n) is 5.18. The number of likely N-dealkylation sites (tertiary alicyclic amines) is 1. The lowest BCUT2D eigenvalue weighted by molar-refractivity contribution is -0.0217. The van der Waals surface area contributed by atoms with Gasteiger partial charge in [-0.25, -0.2) is 0 Å². The molecule has 2 rings (SSSR count). The minimum Gasteiger partial charge on any atom is -0.370 e. The molecule has 1 N–H and O–H groups in total. The Morgan fingerprint density at radius 3 is 2.23 bits per heavy atom. The van der Waals surface area contributed by atoms with Gasteiger partial charge in [0.2, 0.25) is 0 Å². The molecule has 0 aromatic rings. The van der Waals surface area contributed by atoms with Crippen LogP contribution in [0, 0.1) is 5.41 Å². The molecular weight excluding hydrogens is 164 g/mol. The Bertz CT molecular complexity index is 199. The maximum atomic E-state index is 8.09. The van der Waals surface area contributed by atoms with Gasteiger partial charge < -0.3 is 9.64 Å². The van der Waals surface area contributed by atoms with Gasteiger partial charge in [0, 0.05) is 20.2 Å². The van der Waals surface area contributed by atoms with Crippen molar-refractivity contribution in [3.8, 4) is 0 Å². The second-order valence-corrected chi connectivity index (χ2v) is 4.09. The Morgan fingerprint density at radius 2 is 1.85 bits per heavy atom. The second-order valence-electron chi connectivity index (χ2n) is 4.09. The van der Waals surface area contributed by atoms with Crippen molar-refractivity contribution >= 4 is 5.84 Å². The van der Waals surface area contributed by atoms with Crippen molar-refractivity contribution in [3.05, 3.63) is 0 Å². The second kappa shape index (κ2) is 3.29. The molecule has 1 aliphatic carbocycles. The molecule has 0 atom stereocenters. The number of hydrogen-bond donors (Lipinski definition) is 1. The van der Waals surface area contributed by atoms with Crippen LogP contribution < -0.4 is 0 Å². The molecule has 3 nitrogen and oxygen atoms in total. The molecule has 0 aromatic heterocycles. The van der Waals surface area contributed by atoms with Crippen LogP contribution in [-0.4, -0.2) is 36.5 Å². The monoisotopic (exact) mass is 182 g/mol. The molecule has 1 aliphatic heterocycles. The average molecular weight is 182 g/mol. The lowest BCUT2D eigenvalue weighted by atomic mass is 9.78. The molecule has 1 saturated heterocycles. The zero-order valence-electron chi connectivity index (χ0n) is 8.31. The van der Waals surface area contributed by atoms with Gasteiger partial charge in [-0.05, 0) is 32.1 Å². The fraction of sp³-hybridized carbons (Fsp3) is 0.900. The fourth-order valence-electron chi connectivity index (χ4n) is 2.26. The van der Waals surface area contributed by atoms with Crippen molar-refractivity contribution in [1.29, 1.82) is 5.41 Å². The van der Waals surface area contributed by atoms with Crippen molar-refractivity contribution in [1.82, 2.24) is 4.90 Å². The molecule has 0 aromatic carbocycles. The van der Waals surface area contributed by atoms with Gasteiger partial charge in [-0.1, -0.05) is 0 Å². The van der Waals surface area contributed by atoms with Crippen molar-refractivity contribution in [2.45, 2.75) is 37.7 Å². The molecule has 0 unspecified atom stereocenters. The number of nitrogens with one attached hydrogen (secondary N) is 1. The molecule has 74 valence electrons. The van der Waals surface area contributed by atoms with Crippen LogP contribution in [0.3, 0.4) is 0 Å². The van der Waals surface area contributed by atoms with E-state index in [0.29, 0.717) is 0 Å². The molecule has 13 heavy (non-hydrogen) atoms. The summed E-state index contributed by atoms with van der Waals surface area (Å²) in [6.45, 7) is 2.12. The lowest BCUT2D eigenvalue weighted by Gasteiger charge is -2.43. The van der Waals surface area contributed by atoms with Gasteiger partial charge in [-0.2, -0.15) is 0 Å². The number of rotatable bonds is 2. The zero-order chi connectivity index (χ0) is 9.31. The average Bonchev–Trinajstić information content (AvgIpc) is 2.54. The van der Waals surface area contributed by atoms with E-state index in [2.05, 4.69) is 4.90 Å². The third-order valence-corrected chi connectivity index (χ3v) is 3.41. The highest BCUT2D eigenvalue weighted by Gasteiger charge is 2.44. The molecule has 1 heterocycles. The summed E-state index contributed by atoms with van der Waals surface area (Å²) in [5.74, 6) is 0.735. The first-order chi connectivity index (χ1) is 6.28. The quantitative estimate of drug-likeness (QED) is 0.520. The van der Waals surface area contributed by atoms with Crippen LogP contribution in [0.2, 0.25) is 0 Å². The van der Waals surface area contributed by atoms with Crippen LogP contribution in [0.1, 0.15) is 32.1 Å². The summed E-state index contributed by atoms with van der Waals surface area (Å²) in [5, 5.41) is 8.09. The van der Waals surface area contributed by atoms with Gasteiger partial charge in [-0.3, -0.25) is 5.41 Å². The standard InChI is InChI=1S/C10H18N2O/c1-13-10(5-4-6-10)9(11)12-7-2-3-8-12/h11H,2-8H2,1H3. The van der Waals surface area contributed by atoms with E-state index < -0.39 is 0 Å². The predicted molar refractivity (Wildman–Crippen MR) is 52.1 cm³/mol. The Morgan fingerprint density at radius 1 is 1.23 bits per heavy atom. The van der Waals surface area contributed by atoms with E-state index in [-0.39, 0.29) is 5.60 Å². The summed E-state index contributed by atoms with van der Waals surface area (Å²) in [7, 11) is 1.74. The van der Waals surface area contributed by atoms with Crippen molar-refractivity contribution < 1.29 is 4.74 Å². The molecule has 2 aliphatic rings. The van der Waals surface area contributed by atoms with E-state index in [1.165, 1.54) is 19.3 Å². The third-order valence-electron chi connectivity index (χ3n) is 3.41. The summed E-state index contributed by atoms with van der Waals surface area (Å²) in [5.41, 5.74) is -0.204. The molecule has 1 saturated carbocycles. The van der Waals surface area contributed by atoms with Gasteiger partial charge in [0.15, 0.2) is 0 Å². The van der Waals surface area contributed by atoms with Gasteiger partial charge in [0.25, 0.3) is 0 Å². The Hall–Kier alpha value is -0.570. The van der Waals surface area contributed by atoms with Gasteiger partial charge in [0.05, 0.1) is 0 Å². The van der Waals surface area contributed by atoms with Crippen LogP contribution in [0.15, 0.2) is 0 Å². The highest BCUT2D eigenvalue weighted by atomic mass is 16.5. The van der Waals surface area contributed by atoms with E-state index >= 15 is 0 Å². The minimum absolute atomic E-state index is 0.204. The van der Waals surface area contributed by atoms with Crippen LogP contribution >= 0.6 is 0 Å². The Labute approximate surface area is 79.6 Å². The van der Waals surface area contributed by atoms with Crippen molar-refractivity contribution in [2.75, 3.05) is 20.2 Å². The number of amidine groups is 1. The smallest absolute Gasteiger partial charge is 0.129 e. The molecule has 0 bridgehead atoms. The number of methoxy groups -OCH3 is 1. The molecule has 0 radical (unpaired) electrons. The lowest BCUT2D eigenvalue weighted by Crippen LogP contribution is -2.53. The topological polar surface area (TPSA) is 36.3 Å². The van der Waals surface area contributed by atoms with Crippen LogP contribution in [0.5, 0.6) is 0 Å². The summed E-state index contributed by atoms with van der Waals surface area (Å²) in [6, 6.07) is 0. The van der Waals surface area contributed by atoms with Gasteiger partial charge in [-0.15, -0.1) is 0 Å². The van der Waals surface area contributed by atoms with E-state index in [4.69, 9.17) is 10.1 Å². The Balaban J connectivity index is 2.01. The third kappa shape index (κ3) is 1.35. The van der Waals surface area contributed by atoms with Crippen LogP contribution in [0.4, 0.5) is 0 Å². The van der Waals surface area contributed by atoms with E-state index in [9.17, 15) is 0 Å². The van der Waals surface area contributed by atoms with Crippen LogP contribution in [0.25, 0.3) is 0 Å². The molecule has 2 fully saturated rings. The first-order valence-corrected chi connectivity index (χ1v) is 5.18. The number of nitrogens with zero attached hydrogens (tertiary/aromatic N) is 1. The van der Waals surface area contributed by atoms with E-state index in [0.717, 1.165) is 31.8 Å². The minimum atomic E-state index is -0.204. The highest BCUT2D eigenvalue weighted by molar-refractivity contribution is 5.89. The normalized spacial score (nSPS) is 25.8. The van der Waals surface area contributed by atoms with E-state index in [1.54, 1.807) is 7.11 Å². The largest absolute Gasteiger partial charge is 0.370 e. The van der Waals surface area contributed by atoms with Gasteiger partial charge >= 0.3 is 0 Å². The molecular formula is C10H18N2O. The summed E-state index contributed by atoms with van der Waals surface area (Å²) in [6.07, 6.45) is 5.77. The number of hydrogen-bond acceptors (Lipinski definition) is 2. The number of ether oxygens (including phenoxy) is 1. The fourth-order valence-corrected chi connectivity index (χ4v) is 2.26. The summed E-state index contributed by atoms with van der Waals surface area (Å²) < 4.78 is 5.48. The summed E-state index contributed by atoms with van der Waals surface area (Å²) >= 11 is 0. The molecule has 0 spiro atoms. The maximum absolute atomic E-state index is 8.09. The zero-order valence-corrected chi connectivity index (χ0v) is 8.31. The van der Waals surface area contributed by atoms with Gasteiger partial charge in [0.1, 0.15) is 11.4 Å². The Kier molecular flexibility index (Phi) is 2.28. The van der Waals surface area contributed by atoms with Crippen molar-refractivity contribution in [2.24, 2.45) is 0 Å². The molecule has 0 amide bonds. The summed E-state index contributed by atoms with van der Waals surface area (Å²) in [4.78, 5) is 2.18. The SMILES string of the molecule is COC1(C(=N)N2CCCC2)CCC1. The first kappa shape index (κ1) is 9.00.